The molecule has 6 N–H and O–H groups in total. The highest BCUT2D eigenvalue weighted by Crippen LogP contribution is 2.20. The summed E-state index contributed by atoms with van der Waals surface area (Å²) in [6.07, 6.45) is 1.52. The van der Waals surface area contributed by atoms with E-state index in [2.05, 4.69) is 79.0 Å². The molecule has 1 heterocycles. The van der Waals surface area contributed by atoms with Crippen molar-refractivity contribution in [1.82, 2.24) is 30.4 Å². The molecule has 0 bridgehead atoms. The highest BCUT2D eigenvalue weighted by atomic mass is 16.2. The smallest absolute Gasteiger partial charge is 0.323 e. The predicted octanol–water partition coefficient (Wildman–Crippen LogP) is 4.71. The summed E-state index contributed by atoms with van der Waals surface area (Å²) in [6.45, 7) is 15.9. The number of anilines is 2. The van der Waals surface area contributed by atoms with E-state index in [4.69, 9.17) is 0 Å². The van der Waals surface area contributed by atoms with E-state index in [9.17, 15) is 28.8 Å². The summed E-state index contributed by atoms with van der Waals surface area (Å²) >= 11 is 0. The number of H-pyrrole nitrogens is 2. The molecular weight excluding hydrogens is 717 g/mol. The zero-order chi connectivity index (χ0) is 40.6. The lowest BCUT2D eigenvalue weighted by Crippen LogP contribution is -2.31. The number of rotatable bonds is 21. The number of nitrogens with one attached hydrogen (secondary N) is 6. The number of imidazole rings is 1. The molecule has 0 aliphatic carbocycles. The van der Waals surface area contributed by atoms with Crippen LogP contribution in [-0.4, -0.2) is 108 Å². The number of nitrogens with zero attached hydrogens (tertiary/aromatic N) is 4. The van der Waals surface area contributed by atoms with Gasteiger partial charge in [-0.3, -0.25) is 24.0 Å². The van der Waals surface area contributed by atoms with E-state index in [1.807, 2.05) is 0 Å². The average Bonchev–Trinajstić information content (AvgIpc) is 3.57. The molecule has 0 radical (unpaired) electrons. The van der Waals surface area contributed by atoms with Crippen LogP contribution in [0.3, 0.4) is 0 Å². The van der Waals surface area contributed by atoms with Crippen LogP contribution in [0.4, 0.5) is 17.1 Å². The molecule has 0 spiro atoms. The van der Waals surface area contributed by atoms with Crippen LogP contribution in [0.5, 0.6) is 0 Å². The third kappa shape index (κ3) is 12.5. The number of amides is 4. The highest BCUT2D eigenvalue weighted by molar-refractivity contribution is 6.10. The van der Waals surface area contributed by atoms with Gasteiger partial charge in [-0.15, -0.1) is 0 Å². The van der Waals surface area contributed by atoms with E-state index in [1.54, 1.807) is 18.2 Å². The van der Waals surface area contributed by atoms with Crippen LogP contribution >= 0.6 is 0 Å². The van der Waals surface area contributed by atoms with Gasteiger partial charge < -0.3 is 41.0 Å². The van der Waals surface area contributed by atoms with Gasteiger partial charge in [0.1, 0.15) is 0 Å². The van der Waals surface area contributed by atoms with Crippen molar-refractivity contribution >= 4 is 57.5 Å². The number of ketones is 1. The Morgan fingerprint density at radius 1 is 0.643 bits per heavy atom. The maximum Gasteiger partial charge on any atom is 0.323 e. The number of hydrogen-bond donors (Lipinski definition) is 6. The molecule has 0 aliphatic rings. The van der Waals surface area contributed by atoms with E-state index in [0.29, 0.717) is 29.8 Å². The molecule has 56 heavy (non-hydrogen) atoms. The SMILES string of the molecule is CCN(CC)CCCNC(=O)c1cc(NC(=O)c2ccc(/N=N/C(C(C)=O)C(=O)Nc3ccc4[nH]c(=O)[nH]c4c3)cc2)cc(C(=O)NCCCN(CC)CC)c1. The largest absolute Gasteiger partial charge is 0.352 e. The average molecular weight is 769 g/mol. The monoisotopic (exact) mass is 768 g/mol. The third-order valence-electron chi connectivity index (χ3n) is 9.21. The first-order chi connectivity index (χ1) is 26.9. The van der Waals surface area contributed by atoms with Crippen molar-refractivity contribution < 1.29 is 24.0 Å². The van der Waals surface area contributed by atoms with Crippen molar-refractivity contribution in [1.29, 1.82) is 0 Å². The highest BCUT2D eigenvalue weighted by Gasteiger charge is 2.23. The standard InChI is InChI=1S/C40H52N10O6/c1-6-49(7-2)20-10-18-41-36(52)28-22-29(37(53)42-19-11-21-50(8-3)9-4)24-32(23-28)44-38(54)27-12-14-30(15-13-27)47-48-35(26(5)51)39(55)43-31-16-17-33-34(25-31)46-40(56)45-33/h12-17,22-25,35H,6-11,18-21H2,1-5H3,(H,41,52)(H,42,53)(H,43,55)(H,44,54)(H2,45,46,56)/b48-47+. The lowest BCUT2D eigenvalue weighted by molar-refractivity contribution is -0.126. The lowest BCUT2D eigenvalue weighted by Gasteiger charge is -2.18. The number of benzene rings is 3. The van der Waals surface area contributed by atoms with Gasteiger partial charge in [0.15, 0.2) is 5.78 Å². The number of fused-ring (bicyclic) bond motifs is 1. The Morgan fingerprint density at radius 3 is 1.73 bits per heavy atom. The van der Waals surface area contributed by atoms with Crippen LogP contribution in [0.15, 0.2) is 75.7 Å². The Hall–Kier alpha value is -6.00. The van der Waals surface area contributed by atoms with Crippen LogP contribution in [0, 0.1) is 0 Å². The molecule has 0 fully saturated rings. The quantitative estimate of drug-likeness (QED) is 0.0396. The Morgan fingerprint density at radius 2 is 1.20 bits per heavy atom. The van der Waals surface area contributed by atoms with E-state index in [-0.39, 0.29) is 45.6 Å². The summed E-state index contributed by atoms with van der Waals surface area (Å²) in [6, 6.07) is 13.9. The van der Waals surface area contributed by atoms with Crippen molar-refractivity contribution in [2.75, 3.05) is 63.0 Å². The number of carbonyl (C=O) groups is 5. The molecule has 1 aromatic heterocycles. The summed E-state index contributed by atoms with van der Waals surface area (Å²) < 4.78 is 0. The zero-order valence-electron chi connectivity index (χ0n) is 32.7. The Kier molecular flexibility index (Phi) is 16.2. The van der Waals surface area contributed by atoms with Crippen LogP contribution in [0.25, 0.3) is 11.0 Å². The molecule has 298 valence electrons. The molecule has 16 nitrogen and oxygen atoms in total. The molecule has 4 aromatic rings. The van der Waals surface area contributed by atoms with Crippen molar-refractivity contribution in [3.05, 3.63) is 87.8 Å². The molecule has 0 saturated carbocycles. The van der Waals surface area contributed by atoms with Crippen molar-refractivity contribution in [3.63, 3.8) is 0 Å². The third-order valence-corrected chi connectivity index (χ3v) is 9.21. The number of azo groups is 1. The van der Waals surface area contributed by atoms with Crippen LogP contribution in [0.2, 0.25) is 0 Å². The van der Waals surface area contributed by atoms with Gasteiger partial charge in [0.05, 0.1) is 16.7 Å². The first-order valence-corrected chi connectivity index (χ1v) is 19.0. The fourth-order valence-electron chi connectivity index (χ4n) is 5.90. The second-order valence-corrected chi connectivity index (χ2v) is 13.1. The molecule has 4 amide bonds. The Balaban J connectivity index is 1.44. The van der Waals surface area contributed by atoms with Gasteiger partial charge in [-0.1, -0.05) is 27.7 Å². The topological polar surface area (TPSA) is 213 Å². The van der Waals surface area contributed by atoms with Gasteiger partial charge in [-0.2, -0.15) is 10.2 Å². The molecule has 0 saturated heterocycles. The predicted molar refractivity (Wildman–Crippen MR) is 217 cm³/mol. The van der Waals surface area contributed by atoms with Gasteiger partial charge in [-0.25, -0.2) is 4.79 Å². The first-order valence-electron chi connectivity index (χ1n) is 19.0. The normalized spacial score (nSPS) is 11.9. The molecule has 16 heteroatoms. The van der Waals surface area contributed by atoms with Gasteiger partial charge in [0.25, 0.3) is 23.6 Å². The number of carbonyl (C=O) groups excluding carboxylic acids is 5. The first kappa shape index (κ1) is 42.7. The summed E-state index contributed by atoms with van der Waals surface area (Å²) in [5, 5.41) is 19.3. The lowest BCUT2D eigenvalue weighted by atomic mass is 10.1. The number of hydrogen-bond acceptors (Lipinski definition) is 10. The van der Waals surface area contributed by atoms with E-state index < -0.39 is 23.6 Å². The summed E-state index contributed by atoms with van der Waals surface area (Å²) in [4.78, 5) is 86.4. The minimum Gasteiger partial charge on any atom is -0.352 e. The van der Waals surface area contributed by atoms with Gasteiger partial charge in [-0.05, 0) is 120 Å². The van der Waals surface area contributed by atoms with Crippen LogP contribution in [0.1, 0.15) is 78.5 Å². The summed E-state index contributed by atoms with van der Waals surface area (Å²) in [5.41, 5.74) is 2.27. The minimum atomic E-state index is -1.44. The number of aromatic amines is 2. The van der Waals surface area contributed by atoms with Crippen LogP contribution < -0.4 is 27.0 Å². The summed E-state index contributed by atoms with van der Waals surface area (Å²) in [7, 11) is 0. The van der Waals surface area contributed by atoms with Crippen molar-refractivity contribution in [2.24, 2.45) is 10.2 Å². The molecule has 4 rings (SSSR count). The second kappa shape index (κ2) is 21.2. The van der Waals surface area contributed by atoms with E-state index in [0.717, 1.165) is 52.1 Å². The maximum absolute atomic E-state index is 13.4. The molecule has 1 atom stereocenters. The fourth-order valence-corrected chi connectivity index (χ4v) is 5.90. The Bertz CT molecular complexity index is 2020. The molecule has 3 aromatic carbocycles. The van der Waals surface area contributed by atoms with Gasteiger partial charge in [0.2, 0.25) is 6.04 Å². The molecule has 0 aliphatic heterocycles. The van der Waals surface area contributed by atoms with E-state index in [1.165, 1.54) is 49.4 Å². The number of Topliss-reactive ketones (excluding diaryl/α,β-unsaturated/α-hetero) is 1. The Labute approximate surface area is 325 Å². The minimum absolute atomic E-state index is 0.235. The maximum atomic E-state index is 13.4. The van der Waals surface area contributed by atoms with Gasteiger partial charge >= 0.3 is 5.69 Å². The molecular formula is C40H52N10O6. The fraction of sp³-hybridized carbons (Fsp3) is 0.400. The van der Waals surface area contributed by atoms with Crippen molar-refractivity contribution in [2.45, 2.75) is 53.5 Å². The molecule has 1 unspecified atom stereocenters. The van der Waals surface area contributed by atoms with E-state index >= 15 is 0 Å². The number of aromatic nitrogens is 2. The summed E-state index contributed by atoms with van der Waals surface area (Å²) in [5.74, 6) is -2.47. The zero-order valence-corrected chi connectivity index (χ0v) is 32.7. The van der Waals surface area contributed by atoms with Crippen LogP contribution in [-0.2, 0) is 9.59 Å². The van der Waals surface area contributed by atoms with Gasteiger partial charge in [0, 0.05) is 41.2 Å². The van der Waals surface area contributed by atoms with Crippen molar-refractivity contribution in [3.8, 4) is 0 Å². The second-order valence-electron chi connectivity index (χ2n) is 13.1.